The zero-order valence-electron chi connectivity index (χ0n) is 11.8. The third-order valence-corrected chi connectivity index (χ3v) is 4.91. The van der Waals surface area contributed by atoms with E-state index in [0.717, 1.165) is 29.3 Å². The van der Waals surface area contributed by atoms with Crippen molar-refractivity contribution in [1.29, 1.82) is 0 Å². The van der Waals surface area contributed by atoms with E-state index in [1.54, 1.807) is 0 Å². The second kappa shape index (κ2) is 4.33. The van der Waals surface area contributed by atoms with E-state index in [2.05, 4.69) is 39.5 Å². The Morgan fingerprint density at radius 1 is 1.12 bits per heavy atom. The van der Waals surface area contributed by atoms with Crippen LogP contribution in [0, 0.1) is 17.3 Å². The highest BCUT2D eigenvalue weighted by molar-refractivity contribution is 5.00. The van der Waals surface area contributed by atoms with Crippen LogP contribution in [0.25, 0.3) is 0 Å². The molecule has 0 aromatic rings. The summed E-state index contributed by atoms with van der Waals surface area (Å²) in [6.07, 6.45) is 5.90. The minimum atomic E-state index is 0.717. The molecule has 16 heavy (non-hydrogen) atoms. The van der Waals surface area contributed by atoms with Crippen LogP contribution in [0.1, 0.15) is 60.3 Å². The topological polar surface area (TPSA) is 3.24 Å². The van der Waals surface area contributed by atoms with Gasteiger partial charge < -0.3 is 0 Å². The quantitative estimate of drug-likeness (QED) is 0.685. The number of hydrogen-bond donors (Lipinski definition) is 0. The second-order valence-electron chi connectivity index (χ2n) is 7.13. The minimum absolute atomic E-state index is 0.717. The summed E-state index contributed by atoms with van der Waals surface area (Å²) in [7, 11) is 0. The van der Waals surface area contributed by atoms with Crippen molar-refractivity contribution in [3.63, 3.8) is 0 Å². The van der Waals surface area contributed by atoms with Crippen LogP contribution >= 0.6 is 0 Å². The highest BCUT2D eigenvalue weighted by Gasteiger charge is 2.47. The molecular weight excluding hydrogens is 194 g/mol. The summed E-state index contributed by atoms with van der Waals surface area (Å²) in [5.74, 6) is 1.81. The van der Waals surface area contributed by atoms with Gasteiger partial charge in [-0.25, -0.2) is 0 Å². The molecule has 94 valence electrons. The lowest BCUT2D eigenvalue weighted by atomic mass is 9.58. The van der Waals surface area contributed by atoms with Crippen LogP contribution in [0.3, 0.4) is 0 Å². The fraction of sp³-hybridized carbons (Fsp3) is 1.00. The molecule has 1 heterocycles. The van der Waals surface area contributed by atoms with Crippen molar-refractivity contribution < 1.29 is 0 Å². The molecule has 2 fully saturated rings. The summed E-state index contributed by atoms with van der Waals surface area (Å²) in [5, 5.41) is 0. The summed E-state index contributed by atoms with van der Waals surface area (Å²) in [5.41, 5.74) is 0.717. The Labute approximate surface area is 102 Å². The van der Waals surface area contributed by atoms with Crippen LogP contribution in [-0.2, 0) is 0 Å². The lowest BCUT2D eigenvalue weighted by Crippen LogP contribution is -2.57. The lowest BCUT2D eigenvalue weighted by Gasteiger charge is -2.56. The molecule has 1 saturated heterocycles. The normalized spacial score (nSPS) is 40.7. The van der Waals surface area contributed by atoms with E-state index in [1.165, 1.54) is 32.2 Å². The third kappa shape index (κ3) is 2.16. The molecule has 1 nitrogen and oxygen atoms in total. The molecule has 2 aliphatic rings. The van der Waals surface area contributed by atoms with Gasteiger partial charge in [-0.3, -0.25) is 4.90 Å². The molecule has 1 heteroatoms. The maximum absolute atomic E-state index is 2.79. The summed E-state index contributed by atoms with van der Waals surface area (Å²) in [4.78, 5) is 2.79. The third-order valence-electron chi connectivity index (χ3n) is 4.91. The standard InChI is InChI=1S/C15H29N/c1-11(2)14-6-7-15(8-13(5)9-15)10-16(14)12(3)4/h11-14H,6-10H2,1-5H3. The van der Waals surface area contributed by atoms with Gasteiger partial charge >= 0.3 is 0 Å². The molecule has 0 radical (unpaired) electrons. The molecule has 1 aliphatic heterocycles. The molecule has 0 amide bonds. The van der Waals surface area contributed by atoms with Gasteiger partial charge in [-0.1, -0.05) is 20.8 Å². The van der Waals surface area contributed by atoms with Crippen molar-refractivity contribution >= 4 is 0 Å². The van der Waals surface area contributed by atoms with Crippen LogP contribution in [0.5, 0.6) is 0 Å². The number of hydrogen-bond acceptors (Lipinski definition) is 1. The predicted molar refractivity (Wildman–Crippen MR) is 70.5 cm³/mol. The van der Waals surface area contributed by atoms with Gasteiger partial charge in [-0.2, -0.15) is 0 Å². The van der Waals surface area contributed by atoms with Gasteiger partial charge in [0.2, 0.25) is 0 Å². The van der Waals surface area contributed by atoms with E-state index < -0.39 is 0 Å². The molecular formula is C15H29N. The van der Waals surface area contributed by atoms with E-state index in [-0.39, 0.29) is 0 Å². The average molecular weight is 223 g/mol. The molecule has 1 spiro atoms. The van der Waals surface area contributed by atoms with Crippen molar-refractivity contribution in [2.75, 3.05) is 6.54 Å². The predicted octanol–water partition coefficient (Wildman–Crippen LogP) is 3.93. The number of nitrogens with zero attached hydrogens (tertiary/aromatic N) is 1. The van der Waals surface area contributed by atoms with E-state index in [0.29, 0.717) is 0 Å². The van der Waals surface area contributed by atoms with Crippen LogP contribution in [0.15, 0.2) is 0 Å². The zero-order valence-corrected chi connectivity index (χ0v) is 11.8. The molecule has 1 saturated carbocycles. The maximum atomic E-state index is 2.79. The summed E-state index contributed by atoms with van der Waals surface area (Å²) >= 11 is 0. The summed E-state index contributed by atoms with van der Waals surface area (Å²) in [6.45, 7) is 13.3. The average Bonchev–Trinajstić information content (AvgIpc) is 2.15. The Kier molecular flexibility index (Phi) is 3.36. The van der Waals surface area contributed by atoms with Gasteiger partial charge in [-0.15, -0.1) is 0 Å². The zero-order chi connectivity index (χ0) is 11.9. The Balaban J connectivity index is 2.04. The van der Waals surface area contributed by atoms with E-state index in [9.17, 15) is 0 Å². The van der Waals surface area contributed by atoms with Gasteiger partial charge in [0.1, 0.15) is 0 Å². The first-order valence-electron chi connectivity index (χ1n) is 7.19. The summed E-state index contributed by atoms with van der Waals surface area (Å²) < 4.78 is 0. The Hall–Kier alpha value is -0.0400. The highest BCUT2D eigenvalue weighted by Crippen LogP contribution is 2.52. The highest BCUT2D eigenvalue weighted by atomic mass is 15.2. The van der Waals surface area contributed by atoms with Crippen molar-refractivity contribution in [3.05, 3.63) is 0 Å². The van der Waals surface area contributed by atoms with Crippen LogP contribution in [0.2, 0.25) is 0 Å². The molecule has 0 aromatic heterocycles. The van der Waals surface area contributed by atoms with E-state index in [1.807, 2.05) is 0 Å². The van der Waals surface area contributed by atoms with Crippen molar-refractivity contribution in [2.45, 2.75) is 72.4 Å². The molecule has 2 rings (SSSR count). The molecule has 0 aromatic carbocycles. The van der Waals surface area contributed by atoms with Gasteiger partial charge in [0.05, 0.1) is 0 Å². The summed E-state index contributed by atoms with van der Waals surface area (Å²) in [6, 6.07) is 1.56. The van der Waals surface area contributed by atoms with Crippen molar-refractivity contribution in [2.24, 2.45) is 17.3 Å². The van der Waals surface area contributed by atoms with Gasteiger partial charge in [0, 0.05) is 18.6 Å². The van der Waals surface area contributed by atoms with Crippen molar-refractivity contribution in [3.8, 4) is 0 Å². The lowest BCUT2D eigenvalue weighted by molar-refractivity contribution is -0.0635. The molecule has 0 bridgehead atoms. The van der Waals surface area contributed by atoms with Crippen LogP contribution in [0.4, 0.5) is 0 Å². The van der Waals surface area contributed by atoms with Crippen LogP contribution in [-0.4, -0.2) is 23.5 Å². The minimum Gasteiger partial charge on any atom is -0.297 e. The van der Waals surface area contributed by atoms with Crippen molar-refractivity contribution in [1.82, 2.24) is 4.90 Å². The van der Waals surface area contributed by atoms with Gasteiger partial charge in [0.15, 0.2) is 0 Å². The maximum Gasteiger partial charge on any atom is 0.0121 e. The van der Waals surface area contributed by atoms with Gasteiger partial charge in [0.25, 0.3) is 0 Å². The first-order valence-corrected chi connectivity index (χ1v) is 7.19. The second-order valence-corrected chi connectivity index (χ2v) is 7.13. The largest absolute Gasteiger partial charge is 0.297 e. The Bertz CT molecular complexity index is 238. The monoisotopic (exact) mass is 223 g/mol. The Morgan fingerprint density at radius 3 is 2.19 bits per heavy atom. The molecule has 1 atom stereocenters. The first kappa shape index (κ1) is 12.4. The number of rotatable bonds is 2. The molecule has 0 N–H and O–H groups in total. The van der Waals surface area contributed by atoms with E-state index >= 15 is 0 Å². The van der Waals surface area contributed by atoms with Gasteiger partial charge in [-0.05, 0) is 56.8 Å². The molecule has 1 aliphatic carbocycles. The number of piperidine rings is 1. The smallest absolute Gasteiger partial charge is 0.0121 e. The number of likely N-dealkylation sites (tertiary alicyclic amines) is 1. The van der Waals surface area contributed by atoms with E-state index in [4.69, 9.17) is 0 Å². The first-order chi connectivity index (χ1) is 7.43. The molecule has 1 unspecified atom stereocenters. The fourth-order valence-corrected chi connectivity index (χ4v) is 4.24. The fourth-order valence-electron chi connectivity index (χ4n) is 4.24. The van der Waals surface area contributed by atoms with Crippen LogP contribution < -0.4 is 0 Å². The SMILES string of the molecule is CC1CC2(CCC(C(C)C)N(C(C)C)C2)C1. The Morgan fingerprint density at radius 2 is 1.75 bits per heavy atom.